The molecule has 3 fully saturated rings. The van der Waals surface area contributed by atoms with E-state index in [0.29, 0.717) is 12.0 Å². The quantitative estimate of drug-likeness (QED) is 0.857. The molecule has 1 aromatic heterocycles. The molecule has 2 aromatic rings. The van der Waals surface area contributed by atoms with E-state index in [-0.39, 0.29) is 5.91 Å². The standard InChI is InChI=1S/C18H19ClN2OS2/c19-13-1-3-14(4-2-13)23-17-6-5-16(24-17)18(22)20-15-11-21-9-7-12(15)8-10-21/h1-6,12,15H,7-11H2,(H,20,22)/t15-/m0/s1. The third-order valence-corrected chi connectivity index (χ3v) is 7.29. The molecule has 126 valence electrons. The van der Waals surface area contributed by atoms with Gasteiger partial charge in [-0.3, -0.25) is 4.79 Å². The molecule has 0 spiro atoms. The molecule has 1 amide bonds. The molecule has 1 atom stereocenters. The van der Waals surface area contributed by atoms with Crippen molar-refractivity contribution in [3.05, 3.63) is 46.3 Å². The van der Waals surface area contributed by atoms with E-state index >= 15 is 0 Å². The van der Waals surface area contributed by atoms with Gasteiger partial charge in [-0.2, -0.15) is 0 Å². The second-order valence-electron chi connectivity index (χ2n) is 6.39. The molecule has 1 N–H and O–H groups in total. The van der Waals surface area contributed by atoms with E-state index in [4.69, 9.17) is 11.6 Å². The monoisotopic (exact) mass is 378 g/mol. The number of benzene rings is 1. The van der Waals surface area contributed by atoms with E-state index in [1.807, 2.05) is 36.4 Å². The topological polar surface area (TPSA) is 32.3 Å². The second kappa shape index (κ2) is 7.08. The molecule has 3 nitrogen and oxygen atoms in total. The first kappa shape index (κ1) is 16.5. The van der Waals surface area contributed by atoms with Crippen molar-refractivity contribution in [1.82, 2.24) is 10.2 Å². The minimum Gasteiger partial charge on any atom is -0.347 e. The van der Waals surface area contributed by atoms with Crippen LogP contribution < -0.4 is 5.32 Å². The first-order chi connectivity index (χ1) is 11.7. The zero-order valence-corrected chi connectivity index (χ0v) is 15.6. The highest BCUT2D eigenvalue weighted by atomic mass is 35.5. The van der Waals surface area contributed by atoms with Gasteiger partial charge < -0.3 is 10.2 Å². The summed E-state index contributed by atoms with van der Waals surface area (Å²) in [7, 11) is 0. The second-order valence-corrected chi connectivity index (χ2v) is 9.29. The Labute approximate surface area is 155 Å². The van der Waals surface area contributed by atoms with E-state index in [0.717, 1.165) is 25.5 Å². The zero-order valence-electron chi connectivity index (χ0n) is 13.2. The molecule has 3 aliphatic heterocycles. The summed E-state index contributed by atoms with van der Waals surface area (Å²) in [6.07, 6.45) is 2.43. The highest BCUT2D eigenvalue weighted by Gasteiger charge is 2.35. The van der Waals surface area contributed by atoms with Crippen LogP contribution in [0.4, 0.5) is 0 Å². The van der Waals surface area contributed by atoms with Crippen molar-refractivity contribution in [3.8, 4) is 0 Å². The van der Waals surface area contributed by atoms with Gasteiger partial charge in [0, 0.05) is 22.5 Å². The lowest BCUT2D eigenvalue weighted by Crippen LogP contribution is -2.57. The van der Waals surface area contributed by atoms with Crippen LogP contribution in [0.25, 0.3) is 0 Å². The summed E-state index contributed by atoms with van der Waals surface area (Å²) in [5.41, 5.74) is 0. The molecule has 0 unspecified atom stereocenters. The predicted octanol–water partition coefficient (Wildman–Crippen LogP) is 4.38. The molecule has 3 saturated heterocycles. The SMILES string of the molecule is O=C(N[C@H]1CN2CCC1CC2)c1ccc(Sc2ccc(Cl)cc2)s1. The number of piperidine rings is 3. The molecule has 0 aliphatic carbocycles. The Kier molecular flexibility index (Phi) is 4.86. The Balaban J connectivity index is 1.39. The van der Waals surface area contributed by atoms with Gasteiger partial charge in [0.1, 0.15) is 0 Å². The highest BCUT2D eigenvalue weighted by Crippen LogP contribution is 2.34. The number of hydrogen-bond donors (Lipinski definition) is 1. The van der Waals surface area contributed by atoms with Gasteiger partial charge in [-0.1, -0.05) is 23.4 Å². The molecule has 1 aromatic carbocycles. The zero-order chi connectivity index (χ0) is 16.5. The molecule has 3 aliphatic rings. The Morgan fingerprint density at radius 1 is 1.17 bits per heavy atom. The Morgan fingerprint density at radius 2 is 1.92 bits per heavy atom. The van der Waals surface area contributed by atoms with Crippen molar-refractivity contribution < 1.29 is 4.79 Å². The van der Waals surface area contributed by atoms with Gasteiger partial charge in [-0.15, -0.1) is 11.3 Å². The molecule has 5 rings (SSSR count). The summed E-state index contributed by atoms with van der Waals surface area (Å²) in [6.45, 7) is 3.39. The average Bonchev–Trinajstić information content (AvgIpc) is 3.07. The van der Waals surface area contributed by atoms with Crippen LogP contribution in [0.5, 0.6) is 0 Å². The summed E-state index contributed by atoms with van der Waals surface area (Å²) in [5.74, 6) is 0.725. The molecular weight excluding hydrogens is 360 g/mol. The third-order valence-electron chi connectivity index (χ3n) is 4.81. The van der Waals surface area contributed by atoms with Gasteiger partial charge in [0.05, 0.1) is 9.09 Å². The van der Waals surface area contributed by atoms with Crippen molar-refractivity contribution in [2.45, 2.75) is 28.0 Å². The number of thiophene rings is 1. The summed E-state index contributed by atoms with van der Waals surface area (Å²) >= 11 is 9.13. The molecule has 4 heterocycles. The number of nitrogens with one attached hydrogen (secondary N) is 1. The Bertz CT molecular complexity index is 723. The first-order valence-corrected chi connectivity index (χ1v) is 10.2. The van der Waals surface area contributed by atoms with Gasteiger partial charge in [-0.25, -0.2) is 0 Å². The first-order valence-electron chi connectivity index (χ1n) is 8.24. The minimum absolute atomic E-state index is 0.0710. The summed E-state index contributed by atoms with van der Waals surface area (Å²) in [4.78, 5) is 16.9. The maximum Gasteiger partial charge on any atom is 0.261 e. The van der Waals surface area contributed by atoms with Gasteiger partial charge >= 0.3 is 0 Å². The van der Waals surface area contributed by atoms with Crippen molar-refractivity contribution >= 4 is 40.6 Å². The van der Waals surface area contributed by atoms with Crippen LogP contribution >= 0.6 is 34.7 Å². The van der Waals surface area contributed by atoms with E-state index in [2.05, 4.69) is 10.2 Å². The van der Waals surface area contributed by atoms with Gasteiger partial charge in [0.25, 0.3) is 5.91 Å². The molecular formula is C18H19ClN2OS2. The van der Waals surface area contributed by atoms with E-state index < -0.39 is 0 Å². The summed E-state index contributed by atoms with van der Waals surface area (Å²) in [5, 5.41) is 3.99. The van der Waals surface area contributed by atoms with Gasteiger partial charge in [0.2, 0.25) is 0 Å². The third kappa shape index (κ3) is 3.64. The molecule has 24 heavy (non-hydrogen) atoms. The number of nitrogens with zero attached hydrogens (tertiary/aromatic N) is 1. The largest absolute Gasteiger partial charge is 0.347 e. The van der Waals surface area contributed by atoms with Crippen LogP contribution in [0.3, 0.4) is 0 Å². The number of hydrogen-bond acceptors (Lipinski definition) is 4. The van der Waals surface area contributed by atoms with E-state index in [9.17, 15) is 4.79 Å². The Morgan fingerprint density at radius 3 is 2.58 bits per heavy atom. The van der Waals surface area contributed by atoms with Crippen LogP contribution in [0.2, 0.25) is 5.02 Å². The van der Waals surface area contributed by atoms with Crippen LogP contribution in [-0.2, 0) is 0 Å². The van der Waals surface area contributed by atoms with E-state index in [1.165, 1.54) is 25.9 Å². The fraction of sp³-hybridized carbons (Fsp3) is 0.389. The van der Waals surface area contributed by atoms with E-state index in [1.54, 1.807) is 23.1 Å². The summed E-state index contributed by atoms with van der Waals surface area (Å²) < 4.78 is 1.12. The average molecular weight is 379 g/mol. The summed E-state index contributed by atoms with van der Waals surface area (Å²) in [6, 6.07) is 12.0. The lowest BCUT2D eigenvalue weighted by molar-refractivity contribution is 0.0622. The number of fused-ring (bicyclic) bond motifs is 3. The van der Waals surface area contributed by atoms with Gasteiger partial charge in [0.15, 0.2) is 0 Å². The molecule has 2 bridgehead atoms. The lowest BCUT2D eigenvalue weighted by atomic mass is 9.84. The molecule has 6 heteroatoms. The smallest absolute Gasteiger partial charge is 0.261 e. The normalized spacial score (nSPS) is 25.6. The number of carbonyl (C=O) groups is 1. The fourth-order valence-corrected chi connectivity index (χ4v) is 5.62. The Hall–Kier alpha value is -1.01. The predicted molar refractivity (Wildman–Crippen MR) is 100 cm³/mol. The highest BCUT2D eigenvalue weighted by molar-refractivity contribution is 8.01. The maximum atomic E-state index is 12.6. The van der Waals surface area contributed by atoms with Crippen molar-refractivity contribution in [2.24, 2.45) is 5.92 Å². The maximum absolute atomic E-state index is 12.6. The number of amides is 1. The van der Waals surface area contributed by atoms with Crippen LogP contribution in [-0.4, -0.2) is 36.5 Å². The molecule has 0 saturated carbocycles. The van der Waals surface area contributed by atoms with Gasteiger partial charge in [-0.05, 0) is 68.2 Å². The number of rotatable bonds is 4. The van der Waals surface area contributed by atoms with Crippen LogP contribution in [0.15, 0.2) is 45.5 Å². The van der Waals surface area contributed by atoms with Crippen LogP contribution in [0.1, 0.15) is 22.5 Å². The lowest BCUT2D eigenvalue weighted by Gasteiger charge is -2.44. The van der Waals surface area contributed by atoms with Crippen LogP contribution in [0, 0.1) is 5.92 Å². The number of halogens is 1. The fourth-order valence-electron chi connectivity index (χ4n) is 3.48. The molecule has 0 radical (unpaired) electrons. The van der Waals surface area contributed by atoms with Crippen molar-refractivity contribution in [3.63, 3.8) is 0 Å². The minimum atomic E-state index is 0.0710. The van der Waals surface area contributed by atoms with Crippen molar-refractivity contribution in [2.75, 3.05) is 19.6 Å². The number of carbonyl (C=O) groups excluding carboxylic acids is 1. The van der Waals surface area contributed by atoms with Crippen molar-refractivity contribution in [1.29, 1.82) is 0 Å².